The van der Waals surface area contributed by atoms with E-state index >= 15 is 0 Å². The van der Waals surface area contributed by atoms with Crippen LogP contribution in [0, 0.1) is 0 Å². The maximum atomic E-state index is 12.4. The molecule has 0 amide bonds. The van der Waals surface area contributed by atoms with Crippen molar-refractivity contribution < 1.29 is 9.52 Å². The Labute approximate surface area is 172 Å². The summed E-state index contributed by atoms with van der Waals surface area (Å²) in [7, 11) is 0. The molecule has 0 aliphatic carbocycles. The standard InChI is InChI=1S/C23H33N3O3/c1-4-19-8-9-20(29-19)14-25-17-6-5-7-18(25)13-23(28,12-17)15-26-22(27)11-10-21(24-26)16(2)3/h8-11,16-18,28H,4-7,12-15H2,1-3H3/t17-,18-/m0/s1. The molecule has 2 bridgehead atoms. The van der Waals surface area contributed by atoms with Crippen LogP contribution in [0.1, 0.15) is 76.0 Å². The van der Waals surface area contributed by atoms with Gasteiger partial charge in [-0.15, -0.1) is 0 Å². The number of piperidine rings is 2. The SMILES string of the molecule is CCc1ccc(CN2[C@H]3CCC[C@H]2CC(O)(Cn2nc(C(C)C)ccc2=O)C3)o1. The van der Waals surface area contributed by atoms with Gasteiger partial charge in [-0.2, -0.15) is 5.10 Å². The third-order valence-corrected chi connectivity index (χ3v) is 6.57. The smallest absolute Gasteiger partial charge is 0.266 e. The third-order valence-electron chi connectivity index (χ3n) is 6.57. The fourth-order valence-corrected chi connectivity index (χ4v) is 5.05. The molecule has 6 heteroatoms. The van der Waals surface area contributed by atoms with Gasteiger partial charge in [0.1, 0.15) is 11.5 Å². The van der Waals surface area contributed by atoms with Gasteiger partial charge in [0, 0.05) is 24.6 Å². The second-order valence-electron chi connectivity index (χ2n) is 9.17. The van der Waals surface area contributed by atoms with Gasteiger partial charge in [0.15, 0.2) is 0 Å². The number of nitrogens with zero attached hydrogens (tertiary/aromatic N) is 3. The summed E-state index contributed by atoms with van der Waals surface area (Å²) >= 11 is 0. The summed E-state index contributed by atoms with van der Waals surface area (Å²) in [6, 6.07) is 8.13. The lowest BCUT2D eigenvalue weighted by atomic mass is 9.75. The Hall–Kier alpha value is -1.92. The van der Waals surface area contributed by atoms with Crippen LogP contribution in [0.4, 0.5) is 0 Å². The Morgan fingerprint density at radius 2 is 1.86 bits per heavy atom. The van der Waals surface area contributed by atoms with Crippen LogP contribution >= 0.6 is 0 Å². The Bertz CT molecular complexity index is 887. The first kappa shape index (κ1) is 20.4. The molecule has 6 nitrogen and oxygen atoms in total. The van der Waals surface area contributed by atoms with Gasteiger partial charge in [0.2, 0.25) is 0 Å². The minimum Gasteiger partial charge on any atom is -0.465 e. The lowest BCUT2D eigenvalue weighted by molar-refractivity contribution is -0.106. The van der Waals surface area contributed by atoms with Crippen LogP contribution in [-0.4, -0.2) is 37.5 Å². The van der Waals surface area contributed by atoms with E-state index in [-0.39, 0.29) is 18.0 Å². The first-order valence-electron chi connectivity index (χ1n) is 11.0. The Kier molecular flexibility index (Phi) is 5.67. The largest absolute Gasteiger partial charge is 0.465 e. The molecule has 2 saturated heterocycles. The number of furan rings is 1. The van der Waals surface area contributed by atoms with E-state index in [1.807, 2.05) is 0 Å². The van der Waals surface area contributed by atoms with Crippen molar-refractivity contribution in [1.82, 2.24) is 14.7 Å². The highest BCUT2D eigenvalue weighted by molar-refractivity contribution is 5.10. The minimum absolute atomic E-state index is 0.141. The van der Waals surface area contributed by atoms with Crippen molar-refractivity contribution in [1.29, 1.82) is 0 Å². The summed E-state index contributed by atoms with van der Waals surface area (Å²) in [6.45, 7) is 7.30. The minimum atomic E-state index is -0.892. The summed E-state index contributed by atoms with van der Waals surface area (Å²) < 4.78 is 7.41. The van der Waals surface area contributed by atoms with Crippen LogP contribution in [-0.2, 0) is 19.5 Å². The van der Waals surface area contributed by atoms with E-state index in [1.165, 1.54) is 11.1 Å². The summed E-state index contributed by atoms with van der Waals surface area (Å²) in [5.74, 6) is 2.28. The Morgan fingerprint density at radius 3 is 2.48 bits per heavy atom. The highest BCUT2D eigenvalue weighted by atomic mass is 16.3. The molecule has 1 N–H and O–H groups in total. The van der Waals surface area contributed by atoms with Crippen molar-refractivity contribution in [2.75, 3.05) is 0 Å². The van der Waals surface area contributed by atoms with Crippen LogP contribution in [0.15, 0.2) is 33.5 Å². The van der Waals surface area contributed by atoms with Crippen molar-refractivity contribution in [3.05, 3.63) is 51.8 Å². The van der Waals surface area contributed by atoms with Crippen LogP contribution in [0.3, 0.4) is 0 Å². The molecule has 2 aromatic rings. The van der Waals surface area contributed by atoms with Gasteiger partial charge < -0.3 is 9.52 Å². The molecular formula is C23H33N3O3. The van der Waals surface area contributed by atoms with E-state index in [4.69, 9.17) is 4.42 Å². The topological polar surface area (TPSA) is 71.5 Å². The van der Waals surface area contributed by atoms with E-state index in [9.17, 15) is 9.90 Å². The fourth-order valence-electron chi connectivity index (χ4n) is 5.05. The van der Waals surface area contributed by atoms with Gasteiger partial charge in [-0.1, -0.05) is 27.2 Å². The highest BCUT2D eigenvalue weighted by Crippen LogP contribution is 2.40. The fraction of sp³-hybridized carbons (Fsp3) is 0.652. The van der Waals surface area contributed by atoms with Crippen LogP contribution in [0.2, 0.25) is 0 Å². The van der Waals surface area contributed by atoms with Crippen molar-refractivity contribution >= 4 is 0 Å². The molecule has 0 saturated carbocycles. The first-order valence-corrected chi connectivity index (χ1v) is 11.0. The second-order valence-corrected chi connectivity index (χ2v) is 9.17. The second kappa shape index (κ2) is 8.07. The molecule has 2 fully saturated rings. The summed E-state index contributed by atoms with van der Waals surface area (Å²) in [6.07, 6.45) is 5.60. The number of hydrogen-bond acceptors (Lipinski definition) is 5. The van der Waals surface area contributed by atoms with E-state index in [2.05, 4.69) is 42.9 Å². The van der Waals surface area contributed by atoms with Gasteiger partial charge in [0.05, 0.1) is 24.4 Å². The number of rotatable bonds is 6. The van der Waals surface area contributed by atoms with Gasteiger partial charge in [-0.3, -0.25) is 9.69 Å². The quantitative estimate of drug-likeness (QED) is 0.805. The molecule has 2 aliphatic rings. The molecule has 0 radical (unpaired) electrons. The van der Waals surface area contributed by atoms with E-state index in [1.54, 1.807) is 12.1 Å². The number of aryl methyl sites for hydroxylation is 1. The predicted octanol–water partition coefficient (Wildman–Crippen LogP) is 3.47. The number of hydrogen-bond donors (Lipinski definition) is 1. The molecule has 0 spiro atoms. The summed E-state index contributed by atoms with van der Waals surface area (Å²) in [5, 5.41) is 16.0. The average Bonchev–Trinajstić information content (AvgIpc) is 3.12. The van der Waals surface area contributed by atoms with Crippen molar-refractivity contribution in [2.24, 2.45) is 0 Å². The zero-order valence-electron chi connectivity index (χ0n) is 17.8. The van der Waals surface area contributed by atoms with Gasteiger partial charge in [0.25, 0.3) is 5.56 Å². The first-order chi connectivity index (χ1) is 13.9. The number of aliphatic hydroxyl groups is 1. The normalized spacial score (nSPS) is 27.5. The van der Waals surface area contributed by atoms with Gasteiger partial charge >= 0.3 is 0 Å². The zero-order valence-corrected chi connectivity index (χ0v) is 17.8. The molecular weight excluding hydrogens is 366 g/mol. The molecule has 2 atom stereocenters. The zero-order chi connectivity index (χ0) is 20.6. The molecule has 0 unspecified atom stereocenters. The third kappa shape index (κ3) is 4.33. The van der Waals surface area contributed by atoms with Crippen molar-refractivity contribution in [2.45, 2.75) is 96.0 Å². The van der Waals surface area contributed by atoms with E-state index < -0.39 is 5.60 Å². The molecule has 2 aromatic heterocycles. The van der Waals surface area contributed by atoms with Crippen LogP contribution < -0.4 is 5.56 Å². The molecule has 29 heavy (non-hydrogen) atoms. The monoisotopic (exact) mass is 399 g/mol. The van der Waals surface area contributed by atoms with Gasteiger partial charge in [-0.05, 0) is 49.8 Å². The number of aromatic nitrogens is 2. The molecule has 4 heterocycles. The van der Waals surface area contributed by atoms with Gasteiger partial charge in [-0.25, -0.2) is 4.68 Å². The van der Waals surface area contributed by atoms with Crippen molar-refractivity contribution in [3.8, 4) is 0 Å². The molecule has 0 aromatic carbocycles. The number of fused-ring (bicyclic) bond motifs is 2. The maximum absolute atomic E-state index is 12.4. The van der Waals surface area contributed by atoms with E-state index in [0.717, 1.165) is 43.0 Å². The Balaban J connectivity index is 1.51. The molecule has 2 aliphatic heterocycles. The van der Waals surface area contributed by atoms with Crippen molar-refractivity contribution in [3.63, 3.8) is 0 Å². The maximum Gasteiger partial charge on any atom is 0.266 e. The predicted molar refractivity (Wildman–Crippen MR) is 112 cm³/mol. The summed E-state index contributed by atoms with van der Waals surface area (Å²) in [4.78, 5) is 14.9. The average molecular weight is 400 g/mol. The summed E-state index contributed by atoms with van der Waals surface area (Å²) in [5.41, 5.74) is -0.148. The Morgan fingerprint density at radius 1 is 1.17 bits per heavy atom. The lowest BCUT2D eigenvalue weighted by Gasteiger charge is -2.51. The van der Waals surface area contributed by atoms with Crippen LogP contribution in [0.25, 0.3) is 0 Å². The molecule has 158 valence electrons. The van der Waals surface area contributed by atoms with Crippen LogP contribution in [0.5, 0.6) is 0 Å². The lowest BCUT2D eigenvalue weighted by Crippen LogP contribution is -2.59. The highest BCUT2D eigenvalue weighted by Gasteiger charge is 2.46. The molecule has 4 rings (SSSR count). The van der Waals surface area contributed by atoms with E-state index in [0.29, 0.717) is 24.9 Å².